The Balaban J connectivity index is 1.96. The topological polar surface area (TPSA) is 115 Å². The molecule has 2 heterocycles. The SMILES string of the molecule is Cc1nc(C)nc(-c2cc(C#N)ccc2-n2c3cc(C#N)ccc3c3ccc(C#N)cc32)n1. The van der Waals surface area contributed by atoms with Crippen molar-refractivity contribution in [2.45, 2.75) is 13.8 Å². The van der Waals surface area contributed by atoms with Crippen molar-refractivity contribution in [2.75, 3.05) is 0 Å². The minimum Gasteiger partial charge on any atom is -0.308 e. The van der Waals surface area contributed by atoms with Crippen molar-refractivity contribution in [3.05, 3.63) is 82.9 Å². The summed E-state index contributed by atoms with van der Waals surface area (Å²) in [6, 6.07) is 23.0. The molecule has 0 radical (unpaired) electrons. The van der Waals surface area contributed by atoms with E-state index in [1.165, 1.54) is 0 Å². The van der Waals surface area contributed by atoms with Gasteiger partial charge in [-0.2, -0.15) is 15.8 Å². The monoisotopic (exact) mass is 425 g/mol. The lowest BCUT2D eigenvalue weighted by Crippen LogP contribution is -2.04. The summed E-state index contributed by atoms with van der Waals surface area (Å²) >= 11 is 0. The van der Waals surface area contributed by atoms with E-state index < -0.39 is 0 Å². The zero-order chi connectivity index (χ0) is 23.1. The molecule has 2 aromatic heterocycles. The third-order valence-electron chi connectivity index (χ3n) is 5.49. The first-order valence-corrected chi connectivity index (χ1v) is 10.1. The summed E-state index contributed by atoms with van der Waals surface area (Å²) in [7, 11) is 0. The molecule has 7 heteroatoms. The summed E-state index contributed by atoms with van der Waals surface area (Å²) in [4.78, 5) is 13.3. The number of nitriles is 3. The molecular formula is C26H15N7. The van der Waals surface area contributed by atoms with Gasteiger partial charge in [0, 0.05) is 16.3 Å². The number of hydrogen-bond acceptors (Lipinski definition) is 6. The van der Waals surface area contributed by atoms with E-state index in [-0.39, 0.29) is 0 Å². The van der Waals surface area contributed by atoms with Crippen LogP contribution in [0.3, 0.4) is 0 Å². The number of rotatable bonds is 2. The molecule has 0 aliphatic carbocycles. The minimum atomic E-state index is 0.454. The number of aromatic nitrogens is 4. The number of aryl methyl sites for hydroxylation is 2. The van der Waals surface area contributed by atoms with Gasteiger partial charge in [-0.1, -0.05) is 12.1 Å². The molecule has 0 unspecified atom stereocenters. The van der Waals surface area contributed by atoms with Gasteiger partial charge in [0.15, 0.2) is 5.82 Å². The molecule has 0 fully saturated rings. The Bertz CT molecular complexity index is 1630. The maximum atomic E-state index is 9.54. The molecule has 154 valence electrons. The van der Waals surface area contributed by atoms with Crippen LogP contribution in [-0.4, -0.2) is 19.5 Å². The molecule has 0 atom stereocenters. The fourth-order valence-electron chi connectivity index (χ4n) is 4.13. The second-order valence-electron chi connectivity index (χ2n) is 7.62. The van der Waals surface area contributed by atoms with E-state index in [1.54, 1.807) is 38.1 Å². The smallest absolute Gasteiger partial charge is 0.165 e. The third kappa shape index (κ3) is 3.24. The number of benzene rings is 3. The molecule has 0 spiro atoms. The molecule has 7 nitrogen and oxygen atoms in total. The fraction of sp³-hybridized carbons (Fsp3) is 0.0769. The normalized spacial score (nSPS) is 10.6. The maximum absolute atomic E-state index is 9.54. The van der Waals surface area contributed by atoms with Gasteiger partial charge in [0.25, 0.3) is 0 Å². The quantitative estimate of drug-likeness (QED) is 0.398. The molecule has 3 aromatic carbocycles. The fourth-order valence-corrected chi connectivity index (χ4v) is 4.13. The Morgan fingerprint density at radius 3 is 1.64 bits per heavy atom. The molecule has 0 bridgehead atoms. The molecule has 0 saturated heterocycles. The van der Waals surface area contributed by atoms with Crippen molar-refractivity contribution in [2.24, 2.45) is 0 Å². The molecule has 5 rings (SSSR count). The van der Waals surface area contributed by atoms with Gasteiger partial charge in [-0.05, 0) is 56.3 Å². The number of hydrogen-bond donors (Lipinski definition) is 0. The van der Waals surface area contributed by atoms with Crippen LogP contribution < -0.4 is 0 Å². The lowest BCUT2D eigenvalue weighted by Gasteiger charge is -2.14. The van der Waals surface area contributed by atoms with Crippen LogP contribution in [0.1, 0.15) is 28.3 Å². The van der Waals surface area contributed by atoms with Crippen LogP contribution in [0, 0.1) is 47.8 Å². The molecule has 0 saturated carbocycles. The average Bonchev–Trinajstić information content (AvgIpc) is 3.15. The van der Waals surface area contributed by atoms with E-state index in [4.69, 9.17) is 0 Å². The summed E-state index contributed by atoms with van der Waals surface area (Å²) < 4.78 is 2.00. The Hall–Kier alpha value is -5.06. The Labute approximate surface area is 189 Å². The van der Waals surface area contributed by atoms with Gasteiger partial charge in [-0.3, -0.25) is 0 Å². The summed E-state index contributed by atoms with van der Waals surface area (Å²) in [6.45, 7) is 3.59. The van der Waals surface area contributed by atoms with Crippen molar-refractivity contribution in [3.8, 4) is 35.3 Å². The zero-order valence-electron chi connectivity index (χ0n) is 17.8. The lowest BCUT2D eigenvalue weighted by atomic mass is 10.1. The van der Waals surface area contributed by atoms with Gasteiger partial charge in [0.1, 0.15) is 11.6 Å². The molecule has 33 heavy (non-hydrogen) atoms. The summed E-state index contributed by atoms with van der Waals surface area (Å²) in [5.74, 6) is 1.60. The third-order valence-corrected chi connectivity index (χ3v) is 5.49. The standard InChI is InChI=1S/C26H15N7/c1-15-30-16(2)32-26(31-15)22-9-17(12-27)5-8-23(22)33-24-10-18(13-28)3-6-20(24)21-7-4-19(14-29)11-25(21)33/h3-11H,1-2H3. The number of fused-ring (bicyclic) bond motifs is 3. The van der Waals surface area contributed by atoms with Gasteiger partial charge in [-0.25, -0.2) is 15.0 Å². The van der Waals surface area contributed by atoms with E-state index in [0.717, 1.165) is 27.5 Å². The maximum Gasteiger partial charge on any atom is 0.165 e. The van der Waals surface area contributed by atoms with Gasteiger partial charge in [0.2, 0.25) is 0 Å². The lowest BCUT2D eigenvalue weighted by molar-refractivity contribution is 0.926. The first kappa shape index (κ1) is 19.9. The van der Waals surface area contributed by atoms with Crippen LogP contribution in [-0.2, 0) is 0 Å². The van der Waals surface area contributed by atoms with Crippen molar-refractivity contribution >= 4 is 21.8 Å². The predicted octanol–water partition coefficient (Wildman–Crippen LogP) is 4.87. The first-order valence-electron chi connectivity index (χ1n) is 10.1. The van der Waals surface area contributed by atoms with Crippen LogP contribution in [0.25, 0.3) is 38.9 Å². The van der Waals surface area contributed by atoms with E-state index in [1.807, 2.05) is 34.9 Å². The highest BCUT2D eigenvalue weighted by molar-refractivity contribution is 6.10. The van der Waals surface area contributed by atoms with Crippen molar-refractivity contribution in [3.63, 3.8) is 0 Å². The summed E-state index contributed by atoms with van der Waals surface area (Å²) in [5, 5.41) is 30.5. The van der Waals surface area contributed by atoms with E-state index in [9.17, 15) is 15.8 Å². The second-order valence-corrected chi connectivity index (χ2v) is 7.62. The van der Waals surface area contributed by atoms with E-state index >= 15 is 0 Å². The highest BCUT2D eigenvalue weighted by atomic mass is 15.0. The predicted molar refractivity (Wildman–Crippen MR) is 123 cm³/mol. The van der Waals surface area contributed by atoms with E-state index in [0.29, 0.717) is 39.7 Å². The van der Waals surface area contributed by atoms with Crippen LogP contribution >= 0.6 is 0 Å². The van der Waals surface area contributed by atoms with Gasteiger partial charge in [-0.15, -0.1) is 0 Å². The van der Waals surface area contributed by atoms with Gasteiger partial charge in [0.05, 0.1) is 51.6 Å². The van der Waals surface area contributed by atoms with Crippen molar-refractivity contribution in [1.82, 2.24) is 19.5 Å². The average molecular weight is 425 g/mol. The Kier molecular flexibility index (Phi) is 4.56. The molecule has 0 amide bonds. The zero-order valence-corrected chi connectivity index (χ0v) is 17.8. The van der Waals surface area contributed by atoms with E-state index in [2.05, 4.69) is 33.2 Å². The molecular weight excluding hydrogens is 410 g/mol. The Morgan fingerprint density at radius 2 is 1.12 bits per heavy atom. The number of nitrogens with zero attached hydrogens (tertiary/aromatic N) is 7. The highest BCUT2D eigenvalue weighted by Gasteiger charge is 2.19. The molecule has 0 aliphatic rings. The molecule has 0 N–H and O–H groups in total. The second kappa shape index (κ2) is 7.57. The summed E-state index contributed by atoms with van der Waals surface area (Å²) in [6.07, 6.45) is 0. The largest absolute Gasteiger partial charge is 0.308 e. The van der Waals surface area contributed by atoms with Crippen molar-refractivity contribution in [1.29, 1.82) is 15.8 Å². The molecule has 5 aromatic rings. The molecule has 0 aliphatic heterocycles. The minimum absolute atomic E-state index is 0.454. The Morgan fingerprint density at radius 1 is 0.636 bits per heavy atom. The summed E-state index contributed by atoms with van der Waals surface area (Å²) in [5.41, 5.74) is 4.54. The highest BCUT2D eigenvalue weighted by Crippen LogP contribution is 2.36. The van der Waals surface area contributed by atoms with Crippen LogP contribution in [0.5, 0.6) is 0 Å². The van der Waals surface area contributed by atoms with Crippen LogP contribution in [0.15, 0.2) is 54.6 Å². The van der Waals surface area contributed by atoms with Crippen LogP contribution in [0.2, 0.25) is 0 Å². The van der Waals surface area contributed by atoms with Crippen LogP contribution in [0.4, 0.5) is 0 Å². The van der Waals surface area contributed by atoms with Crippen molar-refractivity contribution < 1.29 is 0 Å². The first-order chi connectivity index (χ1) is 16.0. The van der Waals surface area contributed by atoms with Gasteiger partial charge >= 0.3 is 0 Å². The van der Waals surface area contributed by atoms with Gasteiger partial charge < -0.3 is 4.57 Å².